The molecule has 4 rings (SSSR count). The minimum absolute atomic E-state index is 0.303. The molecular weight excluding hydrogens is 278 g/mol. The average Bonchev–Trinajstić information content (AvgIpc) is 3.08. The van der Waals surface area contributed by atoms with Crippen LogP contribution >= 0.6 is 0 Å². The number of aryl methyl sites for hydroxylation is 1. The number of aromatic nitrogens is 2. The molecule has 0 aliphatic heterocycles. The maximum atomic E-state index is 11.1. The molecule has 0 aliphatic rings. The molecule has 0 saturated carbocycles. The lowest BCUT2D eigenvalue weighted by molar-refractivity contribution is -0.991. The van der Waals surface area contributed by atoms with E-state index in [-0.39, 0.29) is 0 Å². The van der Waals surface area contributed by atoms with E-state index in [0.29, 0.717) is 5.69 Å². The molecule has 1 unspecified atom stereocenters. The Morgan fingerprint density at radius 2 is 1.73 bits per heavy atom. The Morgan fingerprint density at radius 3 is 2.50 bits per heavy atom. The fourth-order valence-electron chi connectivity index (χ4n) is 2.97. The van der Waals surface area contributed by atoms with Gasteiger partial charge < -0.3 is 14.2 Å². The number of hydrogen-bond donors (Lipinski definition) is 2. The van der Waals surface area contributed by atoms with Gasteiger partial charge in [0.2, 0.25) is 0 Å². The monoisotopic (exact) mass is 293 g/mol. The minimum Gasteiger partial charge on any atom is -0.595 e. The van der Waals surface area contributed by atoms with Crippen LogP contribution in [0.2, 0.25) is 0 Å². The van der Waals surface area contributed by atoms with E-state index in [0.717, 1.165) is 22.3 Å². The smallest absolute Gasteiger partial charge is 0.164 e. The molecule has 5 heteroatoms. The fourth-order valence-corrected chi connectivity index (χ4v) is 2.97. The Balaban J connectivity index is 1.93. The first-order valence-electron chi connectivity index (χ1n) is 7.04. The number of nitrogens with one attached hydrogen (secondary N) is 1. The second-order valence-corrected chi connectivity index (χ2v) is 5.39. The van der Waals surface area contributed by atoms with Crippen LogP contribution < -0.4 is 5.23 Å². The van der Waals surface area contributed by atoms with Gasteiger partial charge in [0.25, 0.3) is 0 Å². The second kappa shape index (κ2) is 4.71. The zero-order valence-corrected chi connectivity index (χ0v) is 12.0. The topological polar surface area (TPSA) is 57.1 Å². The summed E-state index contributed by atoms with van der Waals surface area (Å²) in [5.74, 6) is 0. The highest BCUT2D eigenvalue weighted by atomic mass is 16.8. The molecule has 2 heterocycles. The summed E-state index contributed by atoms with van der Waals surface area (Å²) in [6.07, 6.45) is 2.05. The Hall–Kier alpha value is -2.60. The van der Waals surface area contributed by atoms with Gasteiger partial charge in [0.15, 0.2) is 5.69 Å². The quantitative estimate of drug-likeness (QED) is 0.558. The summed E-state index contributed by atoms with van der Waals surface area (Å²) in [5.41, 5.74) is 5.62. The molecule has 0 bridgehead atoms. The molecule has 0 spiro atoms. The first-order valence-corrected chi connectivity index (χ1v) is 7.04. The van der Waals surface area contributed by atoms with Crippen LogP contribution in [0.1, 0.15) is 0 Å². The summed E-state index contributed by atoms with van der Waals surface area (Å²) in [5, 5.41) is 19.4. The average molecular weight is 293 g/mol. The summed E-state index contributed by atoms with van der Waals surface area (Å²) in [7, 11) is 2.04. The molecular formula is C17H15N3O2. The zero-order chi connectivity index (χ0) is 15.3. The van der Waals surface area contributed by atoms with Gasteiger partial charge in [-0.2, -0.15) is 5.23 Å². The van der Waals surface area contributed by atoms with Crippen LogP contribution in [0.4, 0.5) is 5.69 Å². The van der Waals surface area contributed by atoms with E-state index in [1.807, 2.05) is 25.2 Å². The number of rotatable bonds is 2. The van der Waals surface area contributed by atoms with Crippen molar-refractivity contribution in [3.8, 4) is 11.1 Å². The van der Waals surface area contributed by atoms with Crippen LogP contribution in [0.5, 0.6) is 0 Å². The van der Waals surface area contributed by atoms with Crippen molar-refractivity contribution in [1.29, 1.82) is 0 Å². The number of para-hydroxylation sites is 2. The largest absolute Gasteiger partial charge is 0.595 e. The van der Waals surface area contributed by atoms with Gasteiger partial charge in [-0.3, -0.25) is 0 Å². The van der Waals surface area contributed by atoms with E-state index in [2.05, 4.69) is 33.4 Å². The molecule has 0 saturated heterocycles. The lowest BCUT2D eigenvalue weighted by Gasteiger charge is -2.11. The van der Waals surface area contributed by atoms with Crippen molar-refractivity contribution >= 4 is 22.4 Å². The number of hydrogen-bond acceptors (Lipinski definition) is 2. The highest BCUT2D eigenvalue weighted by Crippen LogP contribution is 2.28. The summed E-state index contributed by atoms with van der Waals surface area (Å²) >= 11 is 0. The van der Waals surface area contributed by atoms with E-state index in [9.17, 15) is 5.21 Å². The Bertz CT molecular complexity index is 982. The van der Waals surface area contributed by atoms with Crippen LogP contribution in [0.15, 0.2) is 60.8 Å². The highest BCUT2D eigenvalue weighted by molar-refractivity contribution is 5.84. The van der Waals surface area contributed by atoms with Crippen molar-refractivity contribution in [2.24, 2.45) is 7.05 Å². The standard InChI is InChI=1S/C17H15N3O2/c1-18-15-7-2-3-8-16(15)19-11-13(10-17(18)19)12-5-4-6-14(9-12)20(21)22/h2-11,20-21H,1H3. The molecule has 1 atom stereocenters. The third-order valence-corrected chi connectivity index (χ3v) is 4.09. The van der Waals surface area contributed by atoms with Crippen molar-refractivity contribution in [2.75, 3.05) is 0 Å². The van der Waals surface area contributed by atoms with E-state index in [1.54, 1.807) is 18.2 Å². The van der Waals surface area contributed by atoms with Gasteiger partial charge in [-0.25, -0.2) is 5.21 Å². The lowest BCUT2D eigenvalue weighted by Crippen LogP contribution is -2.99. The number of fused-ring (bicyclic) bond motifs is 3. The molecule has 4 aromatic rings. The van der Waals surface area contributed by atoms with Gasteiger partial charge in [-0.15, -0.1) is 0 Å². The third-order valence-electron chi connectivity index (χ3n) is 4.09. The van der Waals surface area contributed by atoms with Crippen molar-refractivity contribution in [1.82, 2.24) is 8.97 Å². The Morgan fingerprint density at radius 1 is 0.955 bits per heavy atom. The van der Waals surface area contributed by atoms with Crippen LogP contribution in [-0.2, 0) is 7.05 Å². The molecule has 0 amide bonds. The maximum absolute atomic E-state index is 11.1. The SMILES string of the molecule is Cn1c2ccccc2n2cc(-c3cccc([NH+]([O-])O)c3)cc12. The summed E-state index contributed by atoms with van der Waals surface area (Å²) in [6, 6.07) is 17.3. The van der Waals surface area contributed by atoms with E-state index < -0.39 is 5.23 Å². The number of quaternary nitrogens is 1. The molecule has 2 aromatic carbocycles. The fraction of sp³-hybridized carbons (Fsp3) is 0.0588. The van der Waals surface area contributed by atoms with Gasteiger partial charge in [0.05, 0.1) is 11.0 Å². The maximum Gasteiger partial charge on any atom is 0.164 e. The van der Waals surface area contributed by atoms with E-state index in [4.69, 9.17) is 5.21 Å². The van der Waals surface area contributed by atoms with Crippen LogP contribution in [0.3, 0.4) is 0 Å². The summed E-state index contributed by atoms with van der Waals surface area (Å²) in [4.78, 5) is 0. The number of benzene rings is 2. The van der Waals surface area contributed by atoms with Crippen LogP contribution in [-0.4, -0.2) is 14.2 Å². The highest BCUT2D eigenvalue weighted by Gasteiger charge is 2.11. The number of imidazole rings is 1. The Labute approximate surface area is 126 Å². The molecule has 0 radical (unpaired) electrons. The van der Waals surface area contributed by atoms with Gasteiger partial charge >= 0.3 is 0 Å². The molecule has 2 aromatic heterocycles. The molecule has 0 aliphatic carbocycles. The van der Waals surface area contributed by atoms with E-state index in [1.165, 1.54) is 5.52 Å². The van der Waals surface area contributed by atoms with Gasteiger partial charge in [0, 0.05) is 30.9 Å². The Kier molecular flexibility index (Phi) is 2.80. The normalized spacial score (nSPS) is 13.0. The van der Waals surface area contributed by atoms with Crippen molar-refractivity contribution in [2.45, 2.75) is 0 Å². The first-order chi connectivity index (χ1) is 10.6. The van der Waals surface area contributed by atoms with Gasteiger partial charge in [-0.1, -0.05) is 24.3 Å². The summed E-state index contributed by atoms with van der Waals surface area (Å²) < 4.78 is 4.28. The predicted molar refractivity (Wildman–Crippen MR) is 85.1 cm³/mol. The number of nitrogens with zero attached hydrogens (tertiary/aromatic N) is 2. The predicted octanol–water partition coefficient (Wildman–Crippen LogP) is 2.50. The van der Waals surface area contributed by atoms with Crippen molar-refractivity contribution in [3.05, 3.63) is 66.0 Å². The first kappa shape index (κ1) is 13.1. The zero-order valence-electron chi connectivity index (χ0n) is 12.0. The lowest BCUT2D eigenvalue weighted by atomic mass is 10.1. The molecule has 2 N–H and O–H groups in total. The molecule has 110 valence electrons. The molecule has 0 fully saturated rings. The summed E-state index contributed by atoms with van der Waals surface area (Å²) in [6.45, 7) is 0. The molecule has 22 heavy (non-hydrogen) atoms. The van der Waals surface area contributed by atoms with E-state index >= 15 is 0 Å². The second-order valence-electron chi connectivity index (χ2n) is 5.39. The van der Waals surface area contributed by atoms with Crippen molar-refractivity contribution in [3.63, 3.8) is 0 Å². The van der Waals surface area contributed by atoms with Gasteiger partial charge in [0.1, 0.15) is 5.65 Å². The van der Waals surface area contributed by atoms with Crippen LogP contribution in [0.25, 0.3) is 27.8 Å². The van der Waals surface area contributed by atoms with Crippen molar-refractivity contribution < 1.29 is 10.4 Å². The minimum atomic E-state index is -0.906. The van der Waals surface area contributed by atoms with Gasteiger partial charge in [-0.05, 0) is 23.8 Å². The van der Waals surface area contributed by atoms with Crippen LogP contribution in [0, 0.1) is 5.21 Å². The molecule has 5 nitrogen and oxygen atoms in total. The third kappa shape index (κ3) is 1.84.